The Morgan fingerprint density at radius 2 is 1.81 bits per heavy atom. The van der Waals surface area contributed by atoms with Crippen LogP contribution in [0, 0.1) is 6.92 Å². The number of nitrogens with zero attached hydrogens (tertiary/aromatic N) is 2. The number of hydrogen-bond acceptors (Lipinski definition) is 2. The Morgan fingerprint density at radius 3 is 2.38 bits per heavy atom. The molecule has 0 saturated carbocycles. The van der Waals surface area contributed by atoms with Crippen molar-refractivity contribution in [3.8, 4) is 0 Å². The summed E-state index contributed by atoms with van der Waals surface area (Å²) in [5.41, 5.74) is 2.27. The van der Waals surface area contributed by atoms with Crippen LogP contribution in [-0.2, 0) is 5.41 Å². The summed E-state index contributed by atoms with van der Waals surface area (Å²) in [5.74, 6) is 0. The fraction of sp³-hybridized carbons (Fsp3) is 0.714. The van der Waals surface area contributed by atoms with E-state index in [-0.39, 0.29) is 5.41 Å². The molecule has 0 spiro atoms. The SMILES string of the molecule is CCCCCCC(C)(C)c1cnc(C)cn1. The van der Waals surface area contributed by atoms with Crippen LogP contribution in [0.3, 0.4) is 0 Å². The molecule has 0 amide bonds. The number of rotatable bonds is 6. The summed E-state index contributed by atoms with van der Waals surface area (Å²) in [7, 11) is 0. The second-order valence-corrected chi connectivity index (χ2v) is 5.24. The van der Waals surface area contributed by atoms with Crippen LogP contribution in [0.2, 0.25) is 0 Å². The largest absolute Gasteiger partial charge is 0.258 e. The summed E-state index contributed by atoms with van der Waals surface area (Å²) < 4.78 is 0. The minimum atomic E-state index is 0.161. The van der Waals surface area contributed by atoms with Gasteiger partial charge in [-0.1, -0.05) is 46.5 Å². The minimum absolute atomic E-state index is 0.161. The number of hydrogen-bond donors (Lipinski definition) is 0. The molecule has 0 radical (unpaired) electrons. The van der Waals surface area contributed by atoms with E-state index in [1.807, 2.05) is 19.3 Å². The first kappa shape index (κ1) is 13.1. The van der Waals surface area contributed by atoms with E-state index in [0.29, 0.717) is 0 Å². The van der Waals surface area contributed by atoms with Crippen molar-refractivity contribution in [2.24, 2.45) is 0 Å². The molecule has 1 rings (SSSR count). The summed E-state index contributed by atoms with van der Waals surface area (Å²) in [5, 5.41) is 0. The van der Waals surface area contributed by atoms with Crippen molar-refractivity contribution in [2.45, 2.75) is 65.2 Å². The molecular weight excluding hydrogens is 196 g/mol. The van der Waals surface area contributed by atoms with E-state index in [9.17, 15) is 0 Å². The van der Waals surface area contributed by atoms with E-state index >= 15 is 0 Å². The molecule has 1 aromatic heterocycles. The van der Waals surface area contributed by atoms with Gasteiger partial charge in [0, 0.05) is 17.8 Å². The summed E-state index contributed by atoms with van der Waals surface area (Å²) in [6, 6.07) is 0. The van der Waals surface area contributed by atoms with Gasteiger partial charge in [-0.2, -0.15) is 0 Å². The standard InChI is InChI=1S/C14H24N2/c1-5-6-7-8-9-14(3,4)13-11-15-12(2)10-16-13/h10-11H,5-9H2,1-4H3. The zero-order chi connectivity index (χ0) is 12.0. The van der Waals surface area contributed by atoms with E-state index in [4.69, 9.17) is 0 Å². The lowest BCUT2D eigenvalue weighted by atomic mass is 9.84. The van der Waals surface area contributed by atoms with Gasteiger partial charge in [-0.25, -0.2) is 0 Å². The van der Waals surface area contributed by atoms with Gasteiger partial charge in [-0.15, -0.1) is 0 Å². The van der Waals surface area contributed by atoms with E-state index in [2.05, 4.69) is 30.7 Å². The third-order valence-electron chi connectivity index (χ3n) is 3.13. The smallest absolute Gasteiger partial charge is 0.0643 e. The molecule has 2 heteroatoms. The predicted molar refractivity (Wildman–Crippen MR) is 68.6 cm³/mol. The third kappa shape index (κ3) is 3.92. The topological polar surface area (TPSA) is 25.8 Å². The monoisotopic (exact) mass is 220 g/mol. The molecule has 0 bridgehead atoms. The lowest BCUT2D eigenvalue weighted by Gasteiger charge is -2.23. The lowest BCUT2D eigenvalue weighted by molar-refractivity contribution is 0.433. The average Bonchev–Trinajstić information content (AvgIpc) is 2.25. The first-order valence-electron chi connectivity index (χ1n) is 6.35. The minimum Gasteiger partial charge on any atom is -0.258 e. The Labute approximate surface area is 99.5 Å². The molecule has 0 fully saturated rings. The summed E-state index contributed by atoms with van der Waals surface area (Å²) >= 11 is 0. The molecule has 1 heterocycles. The van der Waals surface area contributed by atoms with Gasteiger partial charge >= 0.3 is 0 Å². The van der Waals surface area contributed by atoms with Gasteiger partial charge in [-0.3, -0.25) is 9.97 Å². The van der Waals surface area contributed by atoms with Crippen molar-refractivity contribution in [2.75, 3.05) is 0 Å². The van der Waals surface area contributed by atoms with Crippen LogP contribution < -0.4 is 0 Å². The van der Waals surface area contributed by atoms with Crippen molar-refractivity contribution in [1.29, 1.82) is 0 Å². The van der Waals surface area contributed by atoms with Gasteiger partial charge in [-0.05, 0) is 13.3 Å². The molecule has 0 aliphatic heterocycles. The van der Waals surface area contributed by atoms with Crippen LogP contribution in [0.15, 0.2) is 12.4 Å². The Kier molecular flexibility index (Phi) is 4.91. The first-order valence-corrected chi connectivity index (χ1v) is 6.35. The summed E-state index contributed by atoms with van der Waals surface area (Å²) in [6.45, 7) is 8.75. The molecule has 0 aromatic carbocycles. The number of aromatic nitrogens is 2. The third-order valence-corrected chi connectivity index (χ3v) is 3.13. The zero-order valence-electron chi connectivity index (χ0n) is 11.1. The van der Waals surface area contributed by atoms with E-state index in [0.717, 1.165) is 11.4 Å². The van der Waals surface area contributed by atoms with E-state index in [1.54, 1.807) is 0 Å². The zero-order valence-corrected chi connectivity index (χ0v) is 11.1. The molecule has 2 nitrogen and oxygen atoms in total. The molecule has 0 unspecified atom stereocenters. The Hall–Kier alpha value is -0.920. The van der Waals surface area contributed by atoms with Crippen LogP contribution in [0.5, 0.6) is 0 Å². The van der Waals surface area contributed by atoms with Gasteiger partial charge in [0.2, 0.25) is 0 Å². The van der Waals surface area contributed by atoms with Crippen LogP contribution in [0.25, 0.3) is 0 Å². The van der Waals surface area contributed by atoms with Crippen molar-refractivity contribution >= 4 is 0 Å². The summed E-state index contributed by atoms with van der Waals surface area (Å²) in [6.07, 6.45) is 10.2. The second kappa shape index (κ2) is 5.97. The van der Waals surface area contributed by atoms with E-state index < -0.39 is 0 Å². The highest BCUT2D eigenvalue weighted by Crippen LogP contribution is 2.27. The normalized spacial score (nSPS) is 11.8. The van der Waals surface area contributed by atoms with Crippen molar-refractivity contribution in [3.05, 3.63) is 23.8 Å². The molecular formula is C14H24N2. The van der Waals surface area contributed by atoms with Crippen molar-refractivity contribution in [1.82, 2.24) is 9.97 Å². The molecule has 0 saturated heterocycles. The highest BCUT2D eigenvalue weighted by molar-refractivity contribution is 5.11. The van der Waals surface area contributed by atoms with Crippen LogP contribution in [-0.4, -0.2) is 9.97 Å². The first-order chi connectivity index (χ1) is 7.56. The molecule has 16 heavy (non-hydrogen) atoms. The maximum absolute atomic E-state index is 4.49. The fourth-order valence-corrected chi connectivity index (χ4v) is 1.86. The Balaban J connectivity index is 2.52. The van der Waals surface area contributed by atoms with Gasteiger partial charge in [0.15, 0.2) is 0 Å². The molecule has 0 aliphatic rings. The highest BCUT2D eigenvalue weighted by atomic mass is 14.8. The second-order valence-electron chi connectivity index (χ2n) is 5.24. The molecule has 0 N–H and O–H groups in total. The van der Waals surface area contributed by atoms with Gasteiger partial charge < -0.3 is 0 Å². The summed E-state index contributed by atoms with van der Waals surface area (Å²) in [4.78, 5) is 8.81. The molecule has 0 atom stereocenters. The average molecular weight is 220 g/mol. The van der Waals surface area contributed by atoms with Gasteiger partial charge in [0.1, 0.15) is 0 Å². The van der Waals surface area contributed by atoms with Crippen LogP contribution >= 0.6 is 0 Å². The van der Waals surface area contributed by atoms with Crippen LogP contribution in [0.4, 0.5) is 0 Å². The number of unbranched alkanes of at least 4 members (excludes halogenated alkanes) is 3. The van der Waals surface area contributed by atoms with Crippen molar-refractivity contribution in [3.63, 3.8) is 0 Å². The number of aryl methyl sites for hydroxylation is 1. The van der Waals surface area contributed by atoms with E-state index in [1.165, 1.54) is 32.1 Å². The maximum atomic E-state index is 4.49. The quantitative estimate of drug-likeness (QED) is 0.676. The predicted octanol–water partition coefficient (Wildman–Crippen LogP) is 4.03. The fourth-order valence-electron chi connectivity index (χ4n) is 1.86. The molecule has 90 valence electrons. The van der Waals surface area contributed by atoms with Crippen molar-refractivity contribution < 1.29 is 0 Å². The maximum Gasteiger partial charge on any atom is 0.0643 e. The Bertz CT molecular complexity index is 301. The van der Waals surface area contributed by atoms with Gasteiger partial charge in [0.25, 0.3) is 0 Å². The molecule has 0 aliphatic carbocycles. The molecule has 1 aromatic rings. The lowest BCUT2D eigenvalue weighted by Crippen LogP contribution is -2.19. The Morgan fingerprint density at radius 1 is 1.06 bits per heavy atom. The highest BCUT2D eigenvalue weighted by Gasteiger charge is 2.21. The van der Waals surface area contributed by atoms with Gasteiger partial charge in [0.05, 0.1) is 11.4 Å². The van der Waals surface area contributed by atoms with Crippen LogP contribution in [0.1, 0.15) is 64.3 Å².